The summed E-state index contributed by atoms with van der Waals surface area (Å²) in [6.45, 7) is 0.647. The van der Waals surface area contributed by atoms with Gasteiger partial charge in [-0.25, -0.2) is 8.42 Å². The van der Waals surface area contributed by atoms with Crippen LogP contribution in [0.2, 0.25) is 0 Å². The number of hydrogen-bond donors (Lipinski definition) is 2. The van der Waals surface area contributed by atoms with Crippen LogP contribution in [0.15, 0.2) is 76.3 Å². The molecule has 3 aromatic rings. The maximum atomic E-state index is 12.4. The van der Waals surface area contributed by atoms with Crippen molar-refractivity contribution in [2.75, 3.05) is 11.3 Å². The fraction of sp³-hybridized carbons (Fsp3) is 0.227. The number of thiophene rings is 1. The van der Waals surface area contributed by atoms with Crippen molar-refractivity contribution < 1.29 is 13.2 Å². The maximum absolute atomic E-state index is 12.4. The summed E-state index contributed by atoms with van der Waals surface area (Å²) in [5.41, 5.74) is 2.68. The molecule has 5 nitrogen and oxygen atoms in total. The van der Waals surface area contributed by atoms with E-state index in [9.17, 15) is 13.2 Å². The lowest BCUT2D eigenvalue weighted by molar-refractivity contribution is -0.120. The normalized spacial score (nSPS) is 14.9. The molecule has 1 aliphatic rings. The second-order valence-corrected chi connectivity index (χ2v) is 10.2. The zero-order valence-electron chi connectivity index (χ0n) is 15.8. The predicted octanol–water partition coefficient (Wildman–Crippen LogP) is 3.94. The molecule has 0 atom stereocenters. The maximum Gasteiger partial charge on any atom is 0.271 e. The zero-order chi connectivity index (χ0) is 20.3. The van der Waals surface area contributed by atoms with Crippen LogP contribution >= 0.6 is 11.3 Å². The fourth-order valence-corrected chi connectivity index (χ4v) is 5.39. The average Bonchev–Trinajstić information content (AvgIpc) is 3.30. The highest BCUT2D eigenvalue weighted by molar-refractivity contribution is 7.94. The Morgan fingerprint density at radius 1 is 0.966 bits per heavy atom. The number of carbonyl (C=O) groups excluding carboxylic acids is 1. The van der Waals surface area contributed by atoms with E-state index >= 15 is 0 Å². The lowest BCUT2D eigenvalue weighted by atomic mass is 9.96. The molecule has 0 unspecified atom stereocenters. The van der Waals surface area contributed by atoms with Crippen molar-refractivity contribution in [3.63, 3.8) is 0 Å². The number of sulfonamides is 1. The lowest BCUT2D eigenvalue weighted by Crippen LogP contribution is -2.33. The van der Waals surface area contributed by atoms with Crippen LogP contribution in [0.5, 0.6) is 0 Å². The van der Waals surface area contributed by atoms with Gasteiger partial charge in [0.25, 0.3) is 10.0 Å². The molecule has 1 amide bonds. The Morgan fingerprint density at radius 2 is 1.69 bits per heavy atom. The predicted molar refractivity (Wildman–Crippen MR) is 116 cm³/mol. The van der Waals surface area contributed by atoms with Crippen molar-refractivity contribution in [2.24, 2.45) is 0 Å². The van der Waals surface area contributed by atoms with Gasteiger partial charge in [-0.2, -0.15) is 0 Å². The summed E-state index contributed by atoms with van der Waals surface area (Å²) in [7, 11) is -3.56. The van der Waals surface area contributed by atoms with Crippen molar-refractivity contribution >= 4 is 33.0 Å². The molecule has 2 aromatic carbocycles. The second kappa shape index (κ2) is 8.00. The first kappa shape index (κ1) is 19.7. The minimum Gasteiger partial charge on any atom is -0.355 e. The Morgan fingerprint density at radius 3 is 2.31 bits per heavy atom. The third-order valence-electron chi connectivity index (χ3n) is 5.19. The summed E-state index contributed by atoms with van der Waals surface area (Å²) in [5, 5.41) is 4.78. The molecule has 1 heterocycles. The van der Waals surface area contributed by atoms with Gasteiger partial charge in [-0.3, -0.25) is 9.52 Å². The van der Waals surface area contributed by atoms with Crippen LogP contribution in [0.25, 0.3) is 0 Å². The molecule has 7 heteroatoms. The third-order valence-corrected chi connectivity index (χ3v) is 7.97. The largest absolute Gasteiger partial charge is 0.355 e. The van der Waals surface area contributed by atoms with Crippen molar-refractivity contribution in [1.29, 1.82) is 0 Å². The van der Waals surface area contributed by atoms with Gasteiger partial charge in [0.15, 0.2) is 0 Å². The molecule has 1 aromatic heterocycles. The van der Waals surface area contributed by atoms with Crippen molar-refractivity contribution in [3.8, 4) is 0 Å². The van der Waals surface area contributed by atoms with E-state index in [0.717, 1.165) is 18.4 Å². The SMILES string of the molecule is O=C(Cc1ccc(NS(=O)(=O)c2cccs2)cc1)NCC1(c2ccccc2)CC1. The van der Waals surface area contributed by atoms with Crippen molar-refractivity contribution in [2.45, 2.75) is 28.9 Å². The van der Waals surface area contributed by atoms with Gasteiger partial charge in [-0.15, -0.1) is 11.3 Å². The Balaban J connectivity index is 1.31. The van der Waals surface area contributed by atoms with E-state index in [-0.39, 0.29) is 22.0 Å². The van der Waals surface area contributed by atoms with Crippen LogP contribution in [0.1, 0.15) is 24.0 Å². The molecule has 2 N–H and O–H groups in total. The number of benzene rings is 2. The van der Waals surface area contributed by atoms with Gasteiger partial charge in [0, 0.05) is 17.6 Å². The van der Waals surface area contributed by atoms with Crippen molar-refractivity contribution in [1.82, 2.24) is 5.32 Å². The molecule has 1 fully saturated rings. The van der Waals surface area contributed by atoms with E-state index in [1.165, 1.54) is 16.9 Å². The number of hydrogen-bond acceptors (Lipinski definition) is 4. The molecule has 1 saturated carbocycles. The van der Waals surface area contributed by atoms with E-state index in [1.54, 1.807) is 41.8 Å². The smallest absolute Gasteiger partial charge is 0.271 e. The molecule has 29 heavy (non-hydrogen) atoms. The minimum absolute atomic E-state index is 0.0286. The lowest BCUT2D eigenvalue weighted by Gasteiger charge is -2.16. The number of rotatable bonds is 8. The Labute approximate surface area is 174 Å². The Hall–Kier alpha value is -2.64. The quantitative estimate of drug-likeness (QED) is 0.573. The van der Waals surface area contributed by atoms with E-state index in [1.807, 2.05) is 18.2 Å². The third kappa shape index (κ3) is 4.68. The first-order valence-electron chi connectivity index (χ1n) is 9.44. The molecule has 4 rings (SSSR count). The number of carbonyl (C=O) groups is 1. The van der Waals surface area contributed by atoms with Crippen LogP contribution in [0, 0.1) is 0 Å². The Bertz CT molecular complexity index is 1070. The molecule has 1 aliphatic carbocycles. The number of anilines is 1. The van der Waals surface area contributed by atoms with Crippen LogP contribution in [-0.4, -0.2) is 20.9 Å². The van der Waals surface area contributed by atoms with E-state index in [4.69, 9.17) is 0 Å². The molecule has 0 radical (unpaired) electrons. The van der Waals surface area contributed by atoms with Gasteiger partial charge < -0.3 is 5.32 Å². The molecular formula is C22H22N2O3S2. The summed E-state index contributed by atoms with van der Waals surface area (Å²) < 4.78 is 27.4. The Kier molecular flexibility index (Phi) is 5.43. The van der Waals surface area contributed by atoms with Gasteiger partial charge in [-0.05, 0) is 47.5 Å². The highest BCUT2D eigenvalue weighted by Crippen LogP contribution is 2.47. The first-order valence-corrected chi connectivity index (χ1v) is 11.8. The highest BCUT2D eigenvalue weighted by Gasteiger charge is 2.44. The van der Waals surface area contributed by atoms with Crippen LogP contribution < -0.4 is 10.0 Å². The van der Waals surface area contributed by atoms with Crippen LogP contribution in [-0.2, 0) is 26.7 Å². The van der Waals surface area contributed by atoms with Crippen LogP contribution in [0.3, 0.4) is 0 Å². The number of amides is 1. The van der Waals surface area contributed by atoms with Gasteiger partial charge in [-0.1, -0.05) is 48.5 Å². The van der Waals surface area contributed by atoms with Gasteiger partial charge in [0.05, 0.1) is 6.42 Å². The molecule has 0 aliphatic heterocycles. The second-order valence-electron chi connectivity index (χ2n) is 7.33. The highest BCUT2D eigenvalue weighted by atomic mass is 32.2. The summed E-state index contributed by atoms with van der Waals surface area (Å²) >= 11 is 1.17. The topological polar surface area (TPSA) is 75.3 Å². The molecular weight excluding hydrogens is 404 g/mol. The van der Waals surface area contributed by atoms with Gasteiger partial charge in [0.1, 0.15) is 4.21 Å². The summed E-state index contributed by atoms with van der Waals surface area (Å²) in [4.78, 5) is 12.4. The van der Waals surface area contributed by atoms with E-state index < -0.39 is 10.0 Å². The van der Waals surface area contributed by atoms with E-state index in [0.29, 0.717) is 12.2 Å². The minimum atomic E-state index is -3.56. The average molecular weight is 427 g/mol. The van der Waals surface area contributed by atoms with Gasteiger partial charge >= 0.3 is 0 Å². The van der Waals surface area contributed by atoms with Crippen LogP contribution in [0.4, 0.5) is 5.69 Å². The summed E-state index contributed by atoms with van der Waals surface area (Å²) in [6.07, 6.45) is 2.45. The molecule has 0 bridgehead atoms. The van der Waals surface area contributed by atoms with E-state index in [2.05, 4.69) is 22.2 Å². The van der Waals surface area contributed by atoms with Crippen molar-refractivity contribution in [3.05, 3.63) is 83.2 Å². The molecule has 0 saturated heterocycles. The summed E-state index contributed by atoms with van der Waals surface area (Å²) in [6, 6.07) is 20.5. The fourth-order valence-electron chi connectivity index (χ4n) is 3.34. The first-order chi connectivity index (χ1) is 14.0. The monoisotopic (exact) mass is 426 g/mol. The number of nitrogens with one attached hydrogen (secondary N) is 2. The molecule has 150 valence electrons. The molecule has 0 spiro atoms. The zero-order valence-corrected chi connectivity index (χ0v) is 17.4. The standard InChI is InChI=1S/C22H22N2O3S2/c25-20(23-16-22(12-13-22)18-5-2-1-3-6-18)15-17-8-10-19(11-9-17)24-29(26,27)21-7-4-14-28-21/h1-11,14,24H,12-13,15-16H2,(H,23,25). The van der Waals surface area contributed by atoms with Gasteiger partial charge in [0.2, 0.25) is 5.91 Å². The summed E-state index contributed by atoms with van der Waals surface area (Å²) in [5.74, 6) is -0.0286.